The summed E-state index contributed by atoms with van der Waals surface area (Å²) in [6, 6.07) is 22.1. The van der Waals surface area contributed by atoms with E-state index in [1.54, 1.807) is 36.5 Å². The number of carbonyl (C=O) groups excluding carboxylic acids is 2. The minimum atomic E-state index is -0.692. The number of aliphatic imine (C=N–C) groups is 1. The van der Waals surface area contributed by atoms with Crippen LogP contribution in [0, 0.1) is 5.82 Å². The zero-order valence-electron chi connectivity index (χ0n) is 24.8. The number of nitrogens with two attached hydrogens (primary N) is 2. The van der Waals surface area contributed by atoms with Crippen LogP contribution < -0.4 is 36.3 Å². The molecule has 3 aromatic carbocycles. The summed E-state index contributed by atoms with van der Waals surface area (Å²) in [4.78, 5) is 34.1. The second-order valence-corrected chi connectivity index (χ2v) is 10.9. The van der Waals surface area contributed by atoms with Crippen molar-refractivity contribution in [1.29, 1.82) is 0 Å². The minimum Gasteiger partial charge on any atom is -0.495 e. The number of hydrogen-bond donors (Lipinski definition) is 4. The number of para-hydroxylation sites is 2. The van der Waals surface area contributed by atoms with E-state index in [-0.39, 0.29) is 17.4 Å². The first kappa shape index (κ1) is 31.7. The number of rotatable bonds is 13. The van der Waals surface area contributed by atoms with Crippen LogP contribution in [0.2, 0.25) is 0 Å². The van der Waals surface area contributed by atoms with E-state index < -0.39 is 24.1 Å². The van der Waals surface area contributed by atoms with Gasteiger partial charge in [0, 0.05) is 41.9 Å². The molecule has 0 radical (unpaired) electrons. The summed E-state index contributed by atoms with van der Waals surface area (Å²) in [6.07, 6.45) is 1.79. The molecular weight excluding hydrogens is 611 g/mol. The third-order valence-corrected chi connectivity index (χ3v) is 7.69. The van der Waals surface area contributed by atoms with Crippen LogP contribution in [0.25, 0.3) is 20.7 Å². The first-order chi connectivity index (χ1) is 22.3. The second kappa shape index (κ2) is 14.9. The van der Waals surface area contributed by atoms with Gasteiger partial charge < -0.3 is 36.3 Å². The Kier molecular flexibility index (Phi) is 10.2. The molecule has 0 spiro atoms. The number of nitrogens with one attached hydrogen (secondary N) is 2. The van der Waals surface area contributed by atoms with E-state index in [1.165, 1.54) is 30.6 Å². The Bertz CT molecular complexity index is 1890. The highest BCUT2D eigenvalue weighted by Gasteiger charge is 2.16. The smallest absolute Gasteiger partial charge is 0.233 e. The number of thiophene rings is 1. The predicted octanol–water partition coefficient (Wildman–Crippen LogP) is 5.91. The lowest BCUT2D eigenvalue weighted by Crippen LogP contribution is -2.23. The highest BCUT2D eigenvalue weighted by Crippen LogP contribution is 2.40. The second-order valence-electron chi connectivity index (χ2n) is 9.89. The summed E-state index contributed by atoms with van der Waals surface area (Å²) in [5.74, 6) is -0.232. The van der Waals surface area contributed by atoms with Crippen LogP contribution in [0.3, 0.4) is 0 Å². The third-order valence-electron chi connectivity index (χ3n) is 6.50. The topological polar surface area (TPSA) is 163 Å². The molecule has 0 aliphatic carbocycles. The average molecular weight is 643 g/mol. The summed E-state index contributed by atoms with van der Waals surface area (Å²) in [5, 5.41) is 5.17. The molecule has 2 amide bonds. The summed E-state index contributed by atoms with van der Waals surface area (Å²) in [6.45, 7) is 0.939. The van der Waals surface area contributed by atoms with E-state index in [1.807, 2.05) is 30.3 Å². The van der Waals surface area contributed by atoms with Gasteiger partial charge in [0.15, 0.2) is 17.5 Å². The number of amides is 2. The summed E-state index contributed by atoms with van der Waals surface area (Å²) in [5.41, 5.74) is 12.9. The number of halogens is 1. The van der Waals surface area contributed by atoms with Gasteiger partial charge in [0.2, 0.25) is 11.8 Å². The number of anilines is 2. The maximum atomic E-state index is 15.1. The van der Waals surface area contributed by atoms with Gasteiger partial charge in [-0.15, -0.1) is 11.3 Å². The van der Waals surface area contributed by atoms with Crippen LogP contribution >= 0.6 is 11.3 Å². The number of aromatic nitrogens is 1. The van der Waals surface area contributed by atoms with Crippen molar-refractivity contribution in [3.05, 3.63) is 90.9 Å². The quantitative estimate of drug-likeness (QED) is 0.0533. The van der Waals surface area contributed by atoms with Crippen molar-refractivity contribution in [2.45, 2.75) is 12.8 Å². The van der Waals surface area contributed by atoms with Crippen LogP contribution in [-0.4, -0.2) is 43.0 Å². The molecule has 0 fully saturated rings. The van der Waals surface area contributed by atoms with Crippen LogP contribution in [-0.2, 0) is 9.59 Å². The van der Waals surface area contributed by atoms with E-state index in [9.17, 15) is 9.59 Å². The molecule has 11 nitrogen and oxygen atoms in total. The van der Waals surface area contributed by atoms with E-state index in [2.05, 4.69) is 20.6 Å². The van der Waals surface area contributed by atoms with Gasteiger partial charge in [-0.05, 0) is 48.0 Å². The maximum Gasteiger partial charge on any atom is 0.233 e. The number of hydrogen-bond acceptors (Lipinski definition) is 8. The highest BCUT2D eigenvalue weighted by molar-refractivity contribution is 7.22. The van der Waals surface area contributed by atoms with E-state index in [4.69, 9.17) is 25.7 Å². The largest absolute Gasteiger partial charge is 0.495 e. The minimum absolute atomic E-state index is 0.0366. The third kappa shape index (κ3) is 8.27. The van der Waals surface area contributed by atoms with Crippen LogP contribution in [0.5, 0.6) is 23.0 Å². The number of ether oxygens (including phenoxy) is 3. The molecule has 0 unspecified atom stereocenters. The average Bonchev–Trinajstić information content (AvgIpc) is 3.48. The van der Waals surface area contributed by atoms with Crippen LogP contribution in [0.4, 0.5) is 15.8 Å². The number of fused-ring (bicyclic) bond motifs is 1. The Morgan fingerprint density at radius 3 is 2.57 bits per heavy atom. The Balaban J connectivity index is 1.22. The number of carbonyl (C=O) groups is 2. The molecule has 2 heterocycles. The normalized spacial score (nSPS) is 10.7. The maximum absolute atomic E-state index is 15.1. The monoisotopic (exact) mass is 642 g/mol. The summed E-state index contributed by atoms with van der Waals surface area (Å²) in [7, 11) is 1.48. The SMILES string of the molecule is COc1ccccc1NC(=O)CC(=O)Nc1ccc(Oc2ccnc3cc(-c4cccc(OCCCN=C(N)N)c4)sc23)c(F)c1. The summed E-state index contributed by atoms with van der Waals surface area (Å²) < 4.78 is 32.8. The lowest BCUT2D eigenvalue weighted by atomic mass is 10.2. The van der Waals surface area contributed by atoms with Crippen molar-refractivity contribution >= 4 is 50.7 Å². The Morgan fingerprint density at radius 2 is 1.76 bits per heavy atom. The van der Waals surface area contributed by atoms with Gasteiger partial charge >= 0.3 is 0 Å². The van der Waals surface area contributed by atoms with E-state index in [0.717, 1.165) is 21.2 Å². The molecule has 2 aromatic heterocycles. The molecule has 0 aliphatic rings. The molecule has 0 saturated carbocycles. The molecule has 236 valence electrons. The molecule has 5 aromatic rings. The molecule has 6 N–H and O–H groups in total. The Morgan fingerprint density at radius 1 is 0.935 bits per heavy atom. The molecule has 13 heteroatoms. The van der Waals surface area contributed by atoms with Gasteiger partial charge in [-0.3, -0.25) is 19.6 Å². The highest BCUT2D eigenvalue weighted by atomic mass is 32.1. The number of methoxy groups -OCH3 is 1. The fourth-order valence-electron chi connectivity index (χ4n) is 4.41. The van der Waals surface area contributed by atoms with Gasteiger partial charge in [0.25, 0.3) is 0 Å². The van der Waals surface area contributed by atoms with Crippen LogP contribution in [0.15, 0.2) is 90.1 Å². The number of pyridine rings is 1. The zero-order chi connectivity index (χ0) is 32.5. The fraction of sp³-hybridized carbons (Fsp3) is 0.152. The number of nitrogens with zero attached hydrogens (tertiary/aromatic N) is 2. The van der Waals surface area contributed by atoms with Gasteiger partial charge in [-0.2, -0.15) is 0 Å². The first-order valence-corrected chi connectivity index (χ1v) is 15.0. The van der Waals surface area contributed by atoms with Crippen LogP contribution in [0.1, 0.15) is 12.8 Å². The summed E-state index contributed by atoms with van der Waals surface area (Å²) >= 11 is 1.45. The molecule has 0 atom stereocenters. The lowest BCUT2D eigenvalue weighted by molar-refractivity contribution is -0.123. The van der Waals surface area contributed by atoms with Crippen molar-refractivity contribution in [2.75, 3.05) is 30.9 Å². The zero-order valence-corrected chi connectivity index (χ0v) is 25.6. The fourth-order valence-corrected chi connectivity index (χ4v) is 5.47. The van der Waals surface area contributed by atoms with Gasteiger partial charge in [0.1, 0.15) is 23.7 Å². The van der Waals surface area contributed by atoms with Crippen molar-refractivity contribution in [1.82, 2.24) is 4.98 Å². The van der Waals surface area contributed by atoms with Gasteiger partial charge in [-0.25, -0.2) is 4.39 Å². The molecule has 5 rings (SSSR count). The standard InChI is InChI=1S/C33H31FN6O5S/c1-43-27-9-3-2-8-24(27)40-31(42)19-30(41)39-21-10-11-26(23(34)17-21)45-28-12-14-37-25-18-29(46-32(25)28)20-6-4-7-22(16-20)44-15-5-13-38-33(35)36/h2-4,6-12,14,16-18H,5,13,15,19H2,1H3,(H,39,41)(H,40,42)(H4,35,36,38). The van der Waals surface area contributed by atoms with Gasteiger partial charge in [-0.1, -0.05) is 24.3 Å². The first-order valence-electron chi connectivity index (χ1n) is 14.2. The van der Waals surface area contributed by atoms with Crippen molar-refractivity contribution in [3.8, 4) is 33.4 Å². The van der Waals surface area contributed by atoms with Crippen molar-refractivity contribution in [3.63, 3.8) is 0 Å². The van der Waals surface area contributed by atoms with E-state index in [0.29, 0.717) is 48.0 Å². The molecular formula is C33H31FN6O5S. The predicted molar refractivity (Wildman–Crippen MR) is 177 cm³/mol. The molecule has 0 saturated heterocycles. The van der Waals surface area contributed by atoms with Crippen molar-refractivity contribution < 1.29 is 28.2 Å². The molecule has 0 aliphatic heterocycles. The Hall–Kier alpha value is -5.69. The van der Waals surface area contributed by atoms with Crippen molar-refractivity contribution in [2.24, 2.45) is 16.5 Å². The lowest BCUT2D eigenvalue weighted by Gasteiger charge is -2.11. The number of guanidine groups is 1. The van der Waals surface area contributed by atoms with E-state index >= 15 is 4.39 Å². The molecule has 0 bridgehead atoms. The van der Waals surface area contributed by atoms with Gasteiger partial charge in [0.05, 0.1) is 29.6 Å². The number of benzene rings is 3. The Labute approximate surface area is 268 Å². The molecule has 46 heavy (non-hydrogen) atoms.